The molecule has 210 valence electrons. The molecule has 39 heavy (non-hydrogen) atoms. The molecule has 0 saturated carbocycles. The Morgan fingerprint density at radius 1 is 0.923 bits per heavy atom. The molecule has 1 aliphatic heterocycles. The van der Waals surface area contributed by atoms with Gasteiger partial charge in [-0.25, -0.2) is 0 Å². The lowest BCUT2D eigenvalue weighted by molar-refractivity contribution is -0.274. The summed E-state index contributed by atoms with van der Waals surface area (Å²) in [5, 5.41) is 9.88. The Balaban J connectivity index is 1.77. The number of thioether (sulfide) groups is 1. The Kier molecular flexibility index (Phi) is 7.90. The van der Waals surface area contributed by atoms with Gasteiger partial charge in [0.25, 0.3) is 0 Å². The minimum atomic E-state index is -5.00. The molecule has 0 bridgehead atoms. The van der Waals surface area contributed by atoms with E-state index in [1.54, 1.807) is 0 Å². The Morgan fingerprint density at radius 2 is 1.62 bits per heavy atom. The SMILES string of the molecule is OC(CN1c2cccc(-c3cccc(OC(F)(F)F)c3)c2OCC1c1cccc(SC(F)(F)F)c1)C(F)(F)F. The molecular weight excluding hydrogens is 565 g/mol. The van der Waals surface area contributed by atoms with Crippen LogP contribution in [0, 0.1) is 0 Å². The van der Waals surface area contributed by atoms with E-state index in [2.05, 4.69) is 4.74 Å². The van der Waals surface area contributed by atoms with Gasteiger partial charge in [-0.05, 0) is 53.2 Å². The summed E-state index contributed by atoms with van der Waals surface area (Å²) < 4.78 is 127. The van der Waals surface area contributed by atoms with Crippen LogP contribution < -0.4 is 14.4 Å². The maximum absolute atomic E-state index is 13.3. The maximum Gasteiger partial charge on any atom is 0.573 e. The van der Waals surface area contributed by atoms with Crippen molar-refractivity contribution < 1.29 is 54.1 Å². The van der Waals surface area contributed by atoms with E-state index in [0.717, 1.165) is 17.0 Å². The molecule has 0 aliphatic carbocycles. The normalized spacial score (nSPS) is 16.9. The van der Waals surface area contributed by atoms with Gasteiger partial charge in [0.15, 0.2) is 11.9 Å². The number of para-hydroxylation sites is 1. The van der Waals surface area contributed by atoms with E-state index in [-0.39, 0.29) is 39.6 Å². The molecule has 3 aromatic rings. The van der Waals surface area contributed by atoms with Crippen molar-refractivity contribution in [3.8, 4) is 22.6 Å². The first-order valence-corrected chi connectivity index (χ1v) is 11.9. The zero-order chi connectivity index (χ0) is 28.6. The second-order valence-corrected chi connectivity index (χ2v) is 9.52. The average Bonchev–Trinajstić information content (AvgIpc) is 2.81. The van der Waals surface area contributed by atoms with Crippen molar-refractivity contribution in [3.63, 3.8) is 0 Å². The molecule has 1 N–H and O–H groups in total. The Hall–Kier alpha value is -3.26. The summed E-state index contributed by atoms with van der Waals surface area (Å²) in [7, 11) is 0. The molecule has 1 heterocycles. The Labute approximate surface area is 219 Å². The number of benzene rings is 3. The molecule has 0 saturated heterocycles. The molecule has 3 aromatic carbocycles. The molecule has 4 rings (SSSR count). The van der Waals surface area contributed by atoms with Crippen molar-refractivity contribution in [3.05, 3.63) is 72.3 Å². The highest BCUT2D eigenvalue weighted by Gasteiger charge is 2.42. The average molecular weight is 583 g/mol. The molecule has 0 spiro atoms. The number of alkyl halides is 9. The summed E-state index contributed by atoms with van der Waals surface area (Å²) in [5.74, 6) is -0.511. The highest BCUT2D eigenvalue weighted by Crippen LogP contribution is 2.47. The Morgan fingerprint density at radius 3 is 2.28 bits per heavy atom. The van der Waals surface area contributed by atoms with Crippen LogP contribution in [0.4, 0.5) is 45.2 Å². The number of aliphatic hydroxyl groups is 1. The molecular formula is C25H18F9NO3S. The third kappa shape index (κ3) is 7.24. The minimum absolute atomic E-state index is 0.0214. The van der Waals surface area contributed by atoms with Crippen LogP contribution in [0.3, 0.4) is 0 Å². The topological polar surface area (TPSA) is 41.9 Å². The van der Waals surface area contributed by atoms with Crippen LogP contribution in [0.1, 0.15) is 11.6 Å². The van der Waals surface area contributed by atoms with Crippen molar-refractivity contribution in [2.45, 2.75) is 35.1 Å². The summed E-state index contributed by atoms with van der Waals surface area (Å²) in [4.78, 5) is 0.964. The largest absolute Gasteiger partial charge is 0.573 e. The van der Waals surface area contributed by atoms with Crippen molar-refractivity contribution in [2.24, 2.45) is 0 Å². The standard InChI is InChI=1S/C25H18F9NO3S/c26-23(27,28)21(36)12-35-19-9-3-8-18(14-4-1-6-16(10-14)38-24(29,30)31)22(19)37-13-20(35)15-5-2-7-17(11-15)39-25(32,33)34/h1-11,20-21,36H,12-13H2. The molecule has 4 nitrogen and oxygen atoms in total. The number of ether oxygens (including phenoxy) is 2. The van der Waals surface area contributed by atoms with Gasteiger partial charge < -0.3 is 19.5 Å². The predicted molar refractivity (Wildman–Crippen MR) is 125 cm³/mol. The van der Waals surface area contributed by atoms with Crippen LogP contribution in [0.2, 0.25) is 0 Å². The number of hydrogen-bond donors (Lipinski definition) is 1. The van der Waals surface area contributed by atoms with E-state index in [0.29, 0.717) is 0 Å². The van der Waals surface area contributed by atoms with Gasteiger partial charge >= 0.3 is 18.0 Å². The fourth-order valence-electron chi connectivity index (χ4n) is 4.12. The summed E-state index contributed by atoms with van der Waals surface area (Å²) >= 11 is -0.392. The van der Waals surface area contributed by atoms with Gasteiger partial charge in [0.2, 0.25) is 0 Å². The summed E-state index contributed by atoms with van der Waals surface area (Å²) in [6, 6.07) is 13.3. The van der Waals surface area contributed by atoms with Crippen LogP contribution in [0.15, 0.2) is 71.6 Å². The van der Waals surface area contributed by atoms with Crippen LogP contribution in [-0.4, -0.2) is 42.4 Å². The van der Waals surface area contributed by atoms with Crippen LogP contribution >= 0.6 is 11.8 Å². The fraction of sp³-hybridized carbons (Fsp3) is 0.280. The molecule has 0 amide bonds. The van der Waals surface area contributed by atoms with E-state index in [9.17, 15) is 44.6 Å². The van der Waals surface area contributed by atoms with Crippen LogP contribution in [0.25, 0.3) is 11.1 Å². The number of anilines is 1. The molecule has 1 aliphatic rings. The highest BCUT2D eigenvalue weighted by molar-refractivity contribution is 8.00. The van der Waals surface area contributed by atoms with Crippen molar-refractivity contribution in [1.82, 2.24) is 0 Å². The smallest absolute Gasteiger partial charge is 0.488 e. The first-order chi connectivity index (χ1) is 18.1. The summed E-state index contributed by atoms with van der Waals surface area (Å²) in [5.41, 5.74) is -3.91. The van der Waals surface area contributed by atoms with Gasteiger partial charge in [-0.3, -0.25) is 0 Å². The number of hydrogen-bond acceptors (Lipinski definition) is 5. The molecule has 2 unspecified atom stereocenters. The van der Waals surface area contributed by atoms with Gasteiger partial charge in [-0.2, -0.15) is 26.3 Å². The molecule has 0 aromatic heterocycles. The second kappa shape index (κ2) is 10.7. The van der Waals surface area contributed by atoms with E-state index in [4.69, 9.17) is 4.74 Å². The lowest BCUT2D eigenvalue weighted by Gasteiger charge is -2.41. The second-order valence-electron chi connectivity index (χ2n) is 8.39. The number of β-amino-alcohol motifs (C(OH)–C–C–N with tert-alkyl or cyclic N) is 1. The van der Waals surface area contributed by atoms with Gasteiger partial charge in [-0.1, -0.05) is 36.4 Å². The first-order valence-electron chi connectivity index (χ1n) is 11.1. The number of rotatable bonds is 6. The number of nitrogens with zero attached hydrogens (tertiary/aromatic N) is 1. The van der Waals surface area contributed by atoms with Gasteiger partial charge in [0.05, 0.1) is 18.3 Å². The zero-order valence-corrected chi connectivity index (χ0v) is 20.3. The molecule has 14 heteroatoms. The quantitative estimate of drug-likeness (QED) is 0.238. The first kappa shape index (κ1) is 28.7. The number of fused-ring (bicyclic) bond motifs is 1. The maximum atomic E-state index is 13.3. The monoisotopic (exact) mass is 583 g/mol. The molecule has 2 atom stereocenters. The predicted octanol–water partition coefficient (Wildman–Crippen LogP) is 7.73. The Bertz CT molecular complexity index is 1310. The molecule has 0 radical (unpaired) electrons. The fourth-order valence-corrected chi connectivity index (χ4v) is 4.73. The van der Waals surface area contributed by atoms with Gasteiger partial charge in [0, 0.05) is 10.5 Å². The third-order valence-electron chi connectivity index (χ3n) is 5.67. The zero-order valence-electron chi connectivity index (χ0n) is 19.4. The lowest BCUT2D eigenvalue weighted by Crippen LogP contribution is -2.46. The van der Waals surface area contributed by atoms with Crippen molar-refractivity contribution >= 4 is 17.4 Å². The van der Waals surface area contributed by atoms with Crippen LogP contribution in [-0.2, 0) is 0 Å². The van der Waals surface area contributed by atoms with Crippen molar-refractivity contribution in [2.75, 3.05) is 18.1 Å². The highest BCUT2D eigenvalue weighted by atomic mass is 32.2. The third-order valence-corrected chi connectivity index (χ3v) is 6.39. The molecule has 0 fully saturated rings. The van der Waals surface area contributed by atoms with Gasteiger partial charge in [0.1, 0.15) is 12.4 Å². The van der Waals surface area contributed by atoms with E-state index < -0.39 is 54.2 Å². The van der Waals surface area contributed by atoms with Crippen molar-refractivity contribution in [1.29, 1.82) is 0 Å². The summed E-state index contributed by atoms with van der Waals surface area (Å²) in [6.07, 6.45) is -12.8. The number of halogens is 9. The van der Waals surface area contributed by atoms with E-state index >= 15 is 0 Å². The van der Waals surface area contributed by atoms with E-state index in [1.807, 2.05) is 0 Å². The number of aliphatic hydroxyl groups excluding tert-OH is 1. The lowest BCUT2D eigenvalue weighted by atomic mass is 9.98. The minimum Gasteiger partial charge on any atom is -0.488 e. The van der Waals surface area contributed by atoms with Gasteiger partial charge in [-0.15, -0.1) is 13.2 Å². The summed E-state index contributed by atoms with van der Waals surface area (Å²) in [6.45, 7) is -1.31. The van der Waals surface area contributed by atoms with Crippen LogP contribution in [0.5, 0.6) is 11.5 Å². The van der Waals surface area contributed by atoms with E-state index in [1.165, 1.54) is 54.6 Å².